The number of halogens is 2. The van der Waals surface area contributed by atoms with E-state index in [2.05, 4.69) is 10.4 Å². The predicted octanol–water partition coefficient (Wildman–Crippen LogP) is 4.34. The minimum Gasteiger partial charge on any atom is -0.384 e. The lowest BCUT2D eigenvalue weighted by Crippen LogP contribution is -2.31. The molecule has 0 radical (unpaired) electrons. The highest BCUT2D eigenvalue weighted by Crippen LogP contribution is 2.29. The van der Waals surface area contributed by atoms with Crippen molar-refractivity contribution in [2.45, 2.75) is 18.9 Å². The molecule has 4 rings (SSSR count). The van der Waals surface area contributed by atoms with Crippen LogP contribution in [0.3, 0.4) is 0 Å². The SMILES string of the molecule is Nc1cc(-c2ccc(Cl)c(Cl)c2)nn1-c1ccc(C(=O)NC[C@@H]2CCCO2)cc1. The summed E-state index contributed by atoms with van der Waals surface area (Å²) in [7, 11) is 0. The Morgan fingerprint density at radius 2 is 1.97 bits per heavy atom. The molecule has 2 aromatic carbocycles. The lowest BCUT2D eigenvalue weighted by Gasteiger charge is -2.11. The standard InChI is InChI=1S/C21H20Cl2N4O2/c22-17-8-5-14(10-18(17)23)19-11-20(24)27(26-19)15-6-3-13(4-7-15)21(28)25-12-16-2-1-9-29-16/h3-8,10-11,16H,1-2,9,12,24H2,(H,25,28)/t16-/m0/s1. The molecule has 2 heterocycles. The largest absolute Gasteiger partial charge is 0.384 e. The number of rotatable bonds is 5. The number of benzene rings is 2. The van der Waals surface area contributed by atoms with Gasteiger partial charge in [0.25, 0.3) is 5.91 Å². The topological polar surface area (TPSA) is 82.2 Å². The zero-order valence-corrected chi connectivity index (χ0v) is 17.1. The maximum atomic E-state index is 12.3. The molecule has 1 aromatic heterocycles. The number of nitrogen functional groups attached to an aromatic ring is 1. The fourth-order valence-corrected chi connectivity index (χ4v) is 3.56. The first-order chi connectivity index (χ1) is 14.0. The monoisotopic (exact) mass is 430 g/mol. The van der Waals surface area contributed by atoms with Crippen LogP contribution in [0.4, 0.5) is 5.82 Å². The molecule has 1 atom stereocenters. The first kappa shape index (κ1) is 19.8. The summed E-state index contributed by atoms with van der Waals surface area (Å²) >= 11 is 12.1. The van der Waals surface area contributed by atoms with E-state index in [1.165, 1.54) is 0 Å². The molecule has 150 valence electrons. The molecule has 0 unspecified atom stereocenters. The van der Waals surface area contributed by atoms with Crippen molar-refractivity contribution in [3.05, 3.63) is 64.1 Å². The highest BCUT2D eigenvalue weighted by Gasteiger charge is 2.17. The van der Waals surface area contributed by atoms with Crippen LogP contribution in [-0.2, 0) is 4.74 Å². The summed E-state index contributed by atoms with van der Waals surface area (Å²) in [5, 5.41) is 8.41. The summed E-state index contributed by atoms with van der Waals surface area (Å²) in [6, 6.07) is 14.2. The molecule has 1 aliphatic rings. The second kappa shape index (κ2) is 8.45. The third-order valence-electron chi connectivity index (χ3n) is 4.84. The van der Waals surface area contributed by atoms with Crippen molar-refractivity contribution in [2.24, 2.45) is 0 Å². The molecule has 1 amide bonds. The summed E-state index contributed by atoms with van der Waals surface area (Å²) in [6.45, 7) is 1.30. The van der Waals surface area contributed by atoms with Gasteiger partial charge in [0.05, 0.1) is 27.5 Å². The van der Waals surface area contributed by atoms with E-state index in [4.69, 9.17) is 33.7 Å². The maximum Gasteiger partial charge on any atom is 0.251 e. The number of anilines is 1. The van der Waals surface area contributed by atoms with Gasteiger partial charge >= 0.3 is 0 Å². The Bertz CT molecular complexity index is 1030. The van der Waals surface area contributed by atoms with Crippen LogP contribution in [0.1, 0.15) is 23.2 Å². The van der Waals surface area contributed by atoms with Gasteiger partial charge in [0.1, 0.15) is 5.82 Å². The van der Waals surface area contributed by atoms with Crippen LogP contribution in [0.2, 0.25) is 10.0 Å². The molecule has 0 aliphatic carbocycles. The summed E-state index contributed by atoms with van der Waals surface area (Å²) in [6.07, 6.45) is 2.14. The van der Waals surface area contributed by atoms with Crippen LogP contribution in [0.25, 0.3) is 16.9 Å². The van der Waals surface area contributed by atoms with Gasteiger partial charge in [-0.3, -0.25) is 4.79 Å². The van der Waals surface area contributed by atoms with Crippen molar-refractivity contribution in [1.82, 2.24) is 15.1 Å². The number of nitrogens with two attached hydrogens (primary N) is 1. The van der Waals surface area contributed by atoms with E-state index < -0.39 is 0 Å². The summed E-state index contributed by atoms with van der Waals surface area (Å²) < 4.78 is 7.14. The summed E-state index contributed by atoms with van der Waals surface area (Å²) in [4.78, 5) is 12.3. The third kappa shape index (κ3) is 4.40. The van der Waals surface area contributed by atoms with Crippen LogP contribution in [-0.4, -0.2) is 34.9 Å². The molecule has 0 bridgehead atoms. The van der Waals surface area contributed by atoms with Gasteiger partial charge < -0.3 is 15.8 Å². The quantitative estimate of drug-likeness (QED) is 0.630. The van der Waals surface area contributed by atoms with E-state index >= 15 is 0 Å². The van der Waals surface area contributed by atoms with E-state index in [-0.39, 0.29) is 12.0 Å². The minimum atomic E-state index is -0.128. The van der Waals surface area contributed by atoms with Crippen molar-refractivity contribution < 1.29 is 9.53 Å². The zero-order valence-electron chi connectivity index (χ0n) is 15.6. The molecule has 0 saturated carbocycles. The molecule has 3 aromatic rings. The predicted molar refractivity (Wildman–Crippen MR) is 115 cm³/mol. The van der Waals surface area contributed by atoms with E-state index in [0.29, 0.717) is 33.7 Å². The molecular formula is C21H20Cl2N4O2. The number of hydrogen-bond donors (Lipinski definition) is 2. The van der Waals surface area contributed by atoms with Crippen LogP contribution < -0.4 is 11.1 Å². The smallest absolute Gasteiger partial charge is 0.251 e. The number of aromatic nitrogens is 2. The third-order valence-corrected chi connectivity index (χ3v) is 5.58. The Hall–Kier alpha value is -2.54. The van der Waals surface area contributed by atoms with Crippen molar-refractivity contribution in [3.63, 3.8) is 0 Å². The molecule has 1 saturated heterocycles. The number of nitrogens with one attached hydrogen (secondary N) is 1. The molecule has 1 fully saturated rings. The number of carbonyl (C=O) groups excluding carboxylic acids is 1. The Balaban J connectivity index is 1.49. The van der Waals surface area contributed by atoms with Crippen molar-refractivity contribution >= 4 is 34.9 Å². The second-order valence-corrected chi connectivity index (χ2v) is 7.70. The molecule has 0 spiro atoms. The van der Waals surface area contributed by atoms with Crippen molar-refractivity contribution in [2.75, 3.05) is 18.9 Å². The van der Waals surface area contributed by atoms with E-state index in [1.54, 1.807) is 35.0 Å². The summed E-state index contributed by atoms with van der Waals surface area (Å²) in [5.74, 6) is 0.346. The Labute approximate surface area is 178 Å². The van der Waals surface area contributed by atoms with Gasteiger partial charge in [-0.2, -0.15) is 5.10 Å². The van der Waals surface area contributed by atoms with Gasteiger partial charge in [0.15, 0.2) is 0 Å². The van der Waals surface area contributed by atoms with E-state index in [9.17, 15) is 4.79 Å². The van der Waals surface area contributed by atoms with Crippen LogP contribution >= 0.6 is 23.2 Å². The average Bonchev–Trinajstić information content (AvgIpc) is 3.38. The van der Waals surface area contributed by atoms with Gasteiger partial charge in [0, 0.05) is 30.3 Å². The van der Waals surface area contributed by atoms with Gasteiger partial charge in [-0.25, -0.2) is 4.68 Å². The average molecular weight is 431 g/mol. The second-order valence-electron chi connectivity index (χ2n) is 6.89. The first-order valence-electron chi connectivity index (χ1n) is 9.32. The Morgan fingerprint density at radius 1 is 1.17 bits per heavy atom. The van der Waals surface area contributed by atoms with E-state index in [0.717, 1.165) is 30.7 Å². The highest BCUT2D eigenvalue weighted by atomic mass is 35.5. The number of ether oxygens (including phenoxy) is 1. The Morgan fingerprint density at radius 3 is 2.66 bits per heavy atom. The normalized spacial score (nSPS) is 16.1. The van der Waals surface area contributed by atoms with E-state index in [1.807, 2.05) is 18.2 Å². The van der Waals surface area contributed by atoms with Crippen LogP contribution in [0.15, 0.2) is 48.5 Å². The molecule has 1 aliphatic heterocycles. The summed E-state index contributed by atoms with van der Waals surface area (Å²) in [5.41, 5.74) is 8.96. The first-order valence-corrected chi connectivity index (χ1v) is 10.1. The number of nitrogens with zero attached hydrogens (tertiary/aromatic N) is 2. The van der Waals surface area contributed by atoms with Gasteiger partial charge in [-0.15, -0.1) is 0 Å². The van der Waals surface area contributed by atoms with Crippen molar-refractivity contribution in [3.8, 4) is 16.9 Å². The van der Waals surface area contributed by atoms with Gasteiger partial charge in [0.2, 0.25) is 0 Å². The van der Waals surface area contributed by atoms with Crippen LogP contribution in [0.5, 0.6) is 0 Å². The minimum absolute atomic E-state index is 0.113. The Kier molecular flexibility index (Phi) is 5.76. The number of carbonyl (C=O) groups is 1. The number of hydrogen-bond acceptors (Lipinski definition) is 4. The number of amides is 1. The molecule has 8 heteroatoms. The van der Waals surface area contributed by atoms with Crippen molar-refractivity contribution in [1.29, 1.82) is 0 Å². The fraction of sp³-hybridized carbons (Fsp3) is 0.238. The lowest BCUT2D eigenvalue weighted by atomic mass is 10.1. The zero-order chi connectivity index (χ0) is 20.4. The van der Waals surface area contributed by atoms with Crippen LogP contribution in [0, 0.1) is 0 Å². The van der Waals surface area contributed by atoms with Gasteiger partial charge in [-0.1, -0.05) is 29.3 Å². The lowest BCUT2D eigenvalue weighted by molar-refractivity contribution is 0.0858. The molecule has 29 heavy (non-hydrogen) atoms. The molecule has 6 nitrogen and oxygen atoms in total. The maximum absolute atomic E-state index is 12.3. The van der Waals surface area contributed by atoms with Gasteiger partial charge in [-0.05, 0) is 49.2 Å². The highest BCUT2D eigenvalue weighted by molar-refractivity contribution is 6.42. The molecule has 3 N–H and O–H groups in total. The fourth-order valence-electron chi connectivity index (χ4n) is 3.27. The molecular weight excluding hydrogens is 411 g/mol.